The summed E-state index contributed by atoms with van der Waals surface area (Å²) in [5, 5.41) is 20.7. The molecule has 3 N–H and O–H groups in total. The number of para-hydroxylation sites is 1. The monoisotopic (exact) mass is 356 g/mol. The number of carboxylic acids is 1. The lowest BCUT2D eigenvalue weighted by Crippen LogP contribution is -2.25. The second-order valence-corrected chi connectivity index (χ2v) is 6.32. The van der Waals surface area contributed by atoms with E-state index in [0.29, 0.717) is 5.69 Å². The number of aliphatic carboxylic acids is 1. The number of benzene rings is 1. The minimum absolute atomic E-state index is 0.0413. The van der Waals surface area contributed by atoms with Gasteiger partial charge in [0.1, 0.15) is 5.75 Å². The lowest BCUT2D eigenvalue weighted by Gasteiger charge is -2.14. The van der Waals surface area contributed by atoms with E-state index in [1.165, 1.54) is 23.5 Å². The van der Waals surface area contributed by atoms with Gasteiger partial charge in [-0.05, 0) is 35.7 Å². The van der Waals surface area contributed by atoms with E-state index in [-0.39, 0.29) is 24.2 Å². The summed E-state index contributed by atoms with van der Waals surface area (Å²) in [5.74, 6) is -1.49. The number of carbonyl (C=O) groups is 2. The quantitative estimate of drug-likeness (QED) is 0.632. The van der Waals surface area contributed by atoms with Gasteiger partial charge in [0.15, 0.2) is 0 Å². The first kappa shape index (κ1) is 16.8. The summed E-state index contributed by atoms with van der Waals surface area (Å²) in [6.45, 7) is 0. The third-order valence-electron chi connectivity index (χ3n) is 3.69. The van der Waals surface area contributed by atoms with Crippen molar-refractivity contribution >= 4 is 23.2 Å². The normalized spacial score (nSPS) is 10.6. The molecule has 0 spiro atoms. The van der Waals surface area contributed by atoms with Gasteiger partial charge in [-0.1, -0.05) is 18.2 Å². The number of hydrogen-bond donors (Lipinski definition) is 3. The standard InChI is InChI=1S/C18H16N2O4S/c21-15-5-2-1-4-13(15)18(24)19-20-12(8-10-17(22)23)7-9-14(20)16-6-3-11-25-16/h1-7,9,11,21H,8,10H2,(H,19,24)(H,22,23). The number of nitrogens with zero attached hydrogens (tertiary/aromatic N) is 1. The number of aromatic hydroxyl groups is 1. The number of nitrogens with one attached hydrogen (secondary N) is 1. The summed E-state index contributed by atoms with van der Waals surface area (Å²) in [6, 6.07) is 13.7. The van der Waals surface area contributed by atoms with Crippen LogP contribution in [0.15, 0.2) is 53.9 Å². The van der Waals surface area contributed by atoms with E-state index in [0.717, 1.165) is 10.6 Å². The highest BCUT2D eigenvalue weighted by Gasteiger charge is 2.17. The Bertz CT molecular complexity index is 900. The Balaban J connectivity index is 1.94. The van der Waals surface area contributed by atoms with E-state index in [1.54, 1.807) is 22.9 Å². The van der Waals surface area contributed by atoms with Crippen LogP contribution in [0, 0.1) is 0 Å². The smallest absolute Gasteiger partial charge is 0.303 e. The molecule has 1 aromatic carbocycles. The number of carboxylic acid groups (broad SMARTS) is 1. The molecule has 0 saturated carbocycles. The number of amides is 1. The van der Waals surface area contributed by atoms with Gasteiger partial charge in [0.05, 0.1) is 22.6 Å². The van der Waals surface area contributed by atoms with Crippen LogP contribution in [0.5, 0.6) is 5.75 Å². The summed E-state index contributed by atoms with van der Waals surface area (Å²) < 4.78 is 1.59. The maximum Gasteiger partial charge on any atom is 0.303 e. The number of carbonyl (C=O) groups excluding carboxylic acids is 1. The number of rotatable bonds is 6. The SMILES string of the molecule is O=C(O)CCc1ccc(-c2cccs2)n1NC(=O)c1ccccc1O. The van der Waals surface area contributed by atoms with E-state index in [9.17, 15) is 14.7 Å². The van der Waals surface area contributed by atoms with Crippen molar-refractivity contribution in [3.05, 3.63) is 65.2 Å². The number of aryl methyl sites for hydroxylation is 1. The molecule has 2 heterocycles. The summed E-state index contributed by atoms with van der Waals surface area (Å²) >= 11 is 1.52. The van der Waals surface area contributed by atoms with Crippen molar-refractivity contribution in [1.29, 1.82) is 0 Å². The Morgan fingerprint density at radius 1 is 1.08 bits per heavy atom. The molecule has 0 radical (unpaired) electrons. The van der Waals surface area contributed by atoms with Crippen LogP contribution < -0.4 is 5.43 Å². The van der Waals surface area contributed by atoms with Gasteiger partial charge in [0.25, 0.3) is 5.91 Å². The molecule has 0 bridgehead atoms. The molecule has 0 aliphatic heterocycles. The van der Waals surface area contributed by atoms with Crippen LogP contribution in [0.3, 0.4) is 0 Å². The van der Waals surface area contributed by atoms with Crippen LogP contribution in [0.1, 0.15) is 22.5 Å². The first-order valence-corrected chi connectivity index (χ1v) is 8.50. The number of aromatic nitrogens is 1. The highest BCUT2D eigenvalue weighted by atomic mass is 32.1. The van der Waals surface area contributed by atoms with Crippen LogP contribution in [0.4, 0.5) is 0 Å². The molecule has 0 aliphatic carbocycles. The molecule has 3 aromatic rings. The predicted molar refractivity (Wildman–Crippen MR) is 95.5 cm³/mol. The molecule has 3 rings (SSSR count). The number of phenolic OH excluding ortho intramolecular Hbond substituents is 1. The molecular formula is C18H16N2O4S. The first-order chi connectivity index (χ1) is 12.1. The van der Waals surface area contributed by atoms with E-state index < -0.39 is 11.9 Å². The fraction of sp³-hybridized carbons (Fsp3) is 0.111. The van der Waals surface area contributed by atoms with Crippen molar-refractivity contribution in [3.8, 4) is 16.3 Å². The number of phenols is 1. The molecule has 0 aliphatic rings. The van der Waals surface area contributed by atoms with Crippen LogP contribution in [0.25, 0.3) is 10.6 Å². The zero-order valence-corrected chi connectivity index (χ0v) is 14.0. The van der Waals surface area contributed by atoms with Gasteiger partial charge in [0.2, 0.25) is 0 Å². The number of hydrogen-bond acceptors (Lipinski definition) is 4. The number of thiophene rings is 1. The Kier molecular flexibility index (Phi) is 4.85. The van der Waals surface area contributed by atoms with E-state index >= 15 is 0 Å². The van der Waals surface area contributed by atoms with Gasteiger partial charge in [-0.2, -0.15) is 0 Å². The molecule has 0 saturated heterocycles. The second-order valence-electron chi connectivity index (χ2n) is 5.37. The van der Waals surface area contributed by atoms with Crippen molar-refractivity contribution in [2.75, 3.05) is 5.43 Å². The van der Waals surface area contributed by atoms with Gasteiger partial charge in [0, 0.05) is 12.1 Å². The van der Waals surface area contributed by atoms with Gasteiger partial charge >= 0.3 is 5.97 Å². The predicted octanol–water partition coefficient (Wildman–Crippen LogP) is 3.32. The van der Waals surface area contributed by atoms with Gasteiger partial charge in [-0.3, -0.25) is 19.7 Å². The van der Waals surface area contributed by atoms with E-state index in [4.69, 9.17) is 5.11 Å². The lowest BCUT2D eigenvalue weighted by atomic mass is 10.2. The van der Waals surface area contributed by atoms with Gasteiger partial charge < -0.3 is 10.2 Å². The lowest BCUT2D eigenvalue weighted by molar-refractivity contribution is -0.136. The Morgan fingerprint density at radius 3 is 2.56 bits per heavy atom. The minimum Gasteiger partial charge on any atom is -0.507 e. The van der Waals surface area contributed by atoms with Gasteiger partial charge in [-0.15, -0.1) is 11.3 Å². The molecular weight excluding hydrogens is 340 g/mol. The van der Waals surface area contributed by atoms with Crippen molar-refractivity contribution < 1.29 is 19.8 Å². The highest BCUT2D eigenvalue weighted by Crippen LogP contribution is 2.27. The summed E-state index contributed by atoms with van der Waals surface area (Å²) in [7, 11) is 0. The molecule has 25 heavy (non-hydrogen) atoms. The average molecular weight is 356 g/mol. The van der Waals surface area contributed by atoms with Crippen molar-refractivity contribution in [3.63, 3.8) is 0 Å². The van der Waals surface area contributed by atoms with Crippen LogP contribution in [-0.4, -0.2) is 26.8 Å². The molecule has 0 fully saturated rings. The maximum absolute atomic E-state index is 12.5. The maximum atomic E-state index is 12.5. The highest BCUT2D eigenvalue weighted by molar-refractivity contribution is 7.13. The zero-order valence-electron chi connectivity index (χ0n) is 13.2. The summed E-state index contributed by atoms with van der Waals surface area (Å²) in [4.78, 5) is 24.4. The third-order valence-corrected chi connectivity index (χ3v) is 4.58. The minimum atomic E-state index is -0.905. The van der Waals surface area contributed by atoms with Gasteiger partial charge in [-0.25, -0.2) is 0 Å². The average Bonchev–Trinajstić information content (AvgIpc) is 3.23. The van der Waals surface area contributed by atoms with Crippen LogP contribution >= 0.6 is 11.3 Å². The van der Waals surface area contributed by atoms with E-state index in [1.807, 2.05) is 23.6 Å². The van der Waals surface area contributed by atoms with Crippen LogP contribution in [0.2, 0.25) is 0 Å². The summed E-state index contributed by atoms with van der Waals surface area (Å²) in [5.41, 5.74) is 4.35. The first-order valence-electron chi connectivity index (χ1n) is 7.62. The largest absolute Gasteiger partial charge is 0.507 e. The molecule has 1 amide bonds. The Morgan fingerprint density at radius 2 is 1.88 bits per heavy atom. The second kappa shape index (κ2) is 7.23. The van der Waals surface area contributed by atoms with Crippen molar-refractivity contribution in [2.45, 2.75) is 12.8 Å². The molecule has 6 nitrogen and oxygen atoms in total. The fourth-order valence-corrected chi connectivity index (χ4v) is 3.23. The molecule has 128 valence electrons. The zero-order chi connectivity index (χ0) is 17.8. The van der Waals surface area contributed by atoms with Crippen molar-refractivity contribution in [2.24, 2.45) is 0 Å². The third kappa shape index (κ3) is 3.72. The molecule has 0 unspecified atom stereocenters. The van der Waals surface area contributed by atoms with Crippen LogP contribution in [-0.2, 0) is 11.2 Å². The van der Waals surface area contributed by atoms with E-state index in [2.05, 4.69) is 5.43 Å². The Hall–Kier alpha value is -3.06. The summed E-state index contributed by atoms with van der Waals surface area (Å²) in [6.07, 6.45) is 0.238. The Labute approximate surface area is 147 Å². The molecule has 7 heteroatoms. The topological polar surface area (TPSA) is 91.6 Å². The fourth-order valence-electron chi connectivity index (χ4n) is 2.49. The molecule has 0 atom stereocenters. The molecule has 2 aromatic heterocycles. The van der Waals surface area contributed by atoms with Crippen molar-refractivity contribution in [1.82, 2.24) is 4.68 Å².